The molecule has 3 atom stereocenters. The molecule has 64 heavy (non-hydrogen) atoms. The summed E-state index contributed by atoms with van der Waals surface area (Å²) in [5.74, 6) is -0.199. The van der Waals surface area contributed by atoms with Crippen LogP contribution in [0.4, 0.5) is 0 Å². The Labute approximate surface area is 399 Å². The number of hydrogen-bond acceptors (Lipinski definition) is 6. The molecule has 0 aliphatic carbocycles. The molecular formula is C55H111N2O6P. The van der Waals surface area contributed by atoms with E-state index in [9.17, 15) is 19.4 Å². The molecule has 0 aromatic rings. The first-order valence-electron chi connectivity index (χ1n) is 28.1. The predicted molar refractivity (Wildman–Crippen MR) is 275 cm³/mol. The number of nitrogens with zero attached hydrogens (tertiary/aromatic N) is 1. The number of phosphoric ester groups is 1. The summed E-state index contributed by atoms with van der Waals surface area (Å²) < 4.78 is 23.0. The van der Waals surface area contributed by atoms with Crippen LogP contribution in [0.5, 0.6) is 0 Å². The first-order chi connectivity index (χ1) is 31.0. The van der Waals surface area contributed by atoms with Gasteiger partial charge in [-0.1, -0.05) is 270 Å². The van der Waals surface area contributed by atoms with Crippen molar-refractivity contribution in [2.24, 2.45) is 0 Å². The molecule has 0 spiro atoms. The van der Waals surface area contributed by atoms with Gasteiger partial charge in [0.1, 0.15) is 13.2 Å². The molecule has 0 radical (unpaired) electrons. The molecule has 2 N–H and O–H groups in total. The molecule has 8 nitrogen and oxygen atoms in total. The van der Waals surface area contributed by atoms with Crippen LogP contribution >= 0.6 is 7.82 Å². The summed E-state index contributed by atoms with van der Waals surface area (Å²) in [5, 5.41) is 13.6. The number of nitrogens with one attached hydrogen (secondary N) is 1. The summed E-state index contributed by atoms with van der Waals surface area (Å²) in [7, 11) is 1.27. The Bertz CT molecular complexity index is 1050. The minimum atomic E-state index is -4.57. The van der Waals surface area contributed by atoms with E-state index in [-0.39, 0.29) is 19.1 Å². The standard InChI is InChI=1S/C55H111N2O6P/c1-6-8-10-12-13-14-15-16-17-18-19-20-21-22-23-24-25-26-27-28-29-30-31-32-33-34-35-36-37-38-39-40-41-42-43-45-47-49-55(59)56-53(54(58)48-46-44-11-9-7-2)52-63-64(60,61)62-51-50-57(3,4)5/h46,48,53-54,58H,6-45,47,49-52H2,1-5H3,(H-,56,59,60,61)/b48-46+. The summed E-state index contributed by atoms with van der Waals surface area (Å²) in [6.07, 6.45) is 58.1. The fourth-order valence-electron chi connectivity index (χ4n) is 8.57. The maximum absolute atomic E-state index is 12.8. The lowest BCUT2D eigenvalue weighted by Gasteiger charge is -2.29. The molecule has 1 amide bonds. The highest BCUT2D eigenvalue weighted by atomic mass is 31.2. The fourth-order valence-corrected chi connectivity index (χ4v) is 9.29. The van der Waals surface area contributed by atoms with Crippen LogP contribution in [0.2, 0.25) is 0 Å². The van der Waals surface area contributed by atoms with Gasteiger partial charge in [0.05, 0.1) is 39.9 Å². The Kier molecular flexibility index (Phi) is 46.8. The number of unbranched alkanes of at least 4 members (excludes halogenated alkanes) is 39. The third-order valence-electron chi connectivity index (χ3n) is 13.0. The van der Waals surface area contributed by atoms with Gasteiger partial charge in [-0.25, -0.2) is 0 Å². The maximum Gasteiger partial charge on any atom is 0.268 e. The normalized spacial score (nSPS) is 14.0. The molecule has 0 heterocycles. The molecule has 3 unspecified atom stereocenters. The van der Waals surface area contributed by atoms with Crippen molar-refractivity contribution in [2.75, 3.05) is 40.9 Å². The van der Waals surface area contributed by atoms with Crippen molar-refractivity contribution in [3.63, 3.8) is 0 Å². The average Bonchev–Trinajstić information content (AvgIpc) is 3.25. The van der Waals surface area contributed by atoms with Crippen LogP contribution in [0, 0.1) is 0 Å². The van der Waals surface area contributed by atoms with Gasteiger partial charge in [-0.2, -0.15) is 0 Å². The van der Waals surface area contributed by atoms with E-state index in [0.717, 1.165) is 44.9 Å². The van der Waals surface area contributed by atoms with Gasteiger partial charge in [-0.3, -0.25) is 9.36 Å². The Balaban J connectivity index is 3.65. The summed E-state index contributed by atoms with van der Waals surface area (Å²) in [6, 6.07) is -0.878. The highest BCUT2D eigenvalue weighted by Crippen LogP contribution is 2.38. The molecule has 0 aromatic carbocycles. The van der Waals surface area contributed by atoms with Gasteiger partial charge in [-0.05, 0) is 19.3 Å². The summed E-state index contributed by atoms with van der Waals surface area (Å²) >= 11 is 0. The zero-order valence-corrected chi connectivity index (χ0v) is 44.4. The van der Waals surface area contributed by atoms with Gasteiger partial charge < -0.3 is 28.8 Å². The van der Waals surface area contributed by atoms with Crippen molar-refractivity contribution in [3.8, 4) is 0 Å². The van der Waals surface area contributed by atoms with Crippen molar-refractivity contribution >= 4 is 13.7 Å². The number of aliphatic hydroxyl groups is 1. The number of likely N-dealkylation sites (N-methyl/N-ethyl adjacent to an activating group) is 1. The number of carbonyl (C=O) groups excluding carboxylic acids is 1. The minimum Gasteiger partial charge on any atom is -0.756 e. The number of hydrogen-bond donors (Lipinski definition) is 2. The number of quaternary nitrogens is 1. The number of amides is 1. The van der Waals surface area contributed by atoms with Gasteiger partial charge in [0.15, 0.2) is 0 Å². The first-order valence-corrected chi connectivity index (χ1v) is 29.5. The molecule has 0 aromatic heterocycles. The highest BCUT2D eigenvalue weighted by Gasteiger charge is 2.23. The van der Waals surface area contributed by atoms with Crippen LogP contribution in [-0.4, -0.2) is 68.5 Å². The van der Waals surface area contributed by atoms with Gasteiger partial charge in [-0.15, -0.1) is 0 Å². The number of aliphatic hydroxyl groups excluding tert-OH is 1. The monoisotopic (exact) mass is 927 g/mol. The molecule has 0 rings (SSSR count). The van der Waals surface area contributed by atoms with E-state index < -0.39 is 20.0 Å². The summed E-state index contributed by atoms with van der Waals surface area (Å²) in [5.41, 5.74) is 0. The second-order valence-electron chi connectivity index (χ2n) is 20.7. The molecule has 0 saturated carbocycles. The minimum absolute atomic E-state index is 0.000953. The van der Waals surface area contributed by atoms with Crippen LogP contribution in [0.1, 0.15) is 284 Å². The topological polar surface area (TPSA) is 108 Å². The molecule has 0 fully saturated rings. The Hall–Kier alpha value is -0.760. The molecular weight excluding hydrogens is 816 g/mol. The SMILES string of the molecule is CCCCC/C=C/C(O)C(COP(=O)([O-])OCC[N+](C)(C)C)NC(=O)CCCCCCCCCCCCCCCCCCCCCCCCCCCCCCCCCCCCCCC. The Morgan fingerprint density at radius 2 is 0.844 bits per heavy atom. The van der Waals surface area contributed by atoms with Gasteiger partial charge >= 0.3 is 0 Å². The van der Waals surface area contributed by atoms with E-state index >= 15 is 0 Å². The fraction of sp³-hybridized carbons (Fsp3) is 0.945. The lowest BCUT2D eigenvalue weighted by molar-refractivity contribution is -0.870. The van der Waals surface area contributed by atoms with Crippen LogP contribution in [0.15, 0.2) is 12.2 Å². The molecule has 0 aliphatic rings. The van der Waals surface area contributed by atoms with Crippen molar-refractivity contribution in [1.29, 1.82) is 0 Å². The second kappa shape index (κ2) is 47.3. The smallest absolute Gasteiger partial charge is 0.268 e. The largest absolute Gasteiger partial charge is 0.756 e. The number of allylic oxidation sites excluding steroid dienone is 1. The van der Waals surface area contributed by atoms with Crippen LogP contribution in [0.3, 0.4) is 0 Å². The van der Waals surface area contributed by atoms with E-state index in [2.05, 4.69) is 19.2 Å². The molecule has 0 aliphatic heterocycles. The lowest BCUT2D eigenvalue weighted by atomic mass is 10.0. The highest BCUT2D eigenvalue weighted by molar-refractivity contribution is 7.45. The van der Waals surface area contributed by atoms with Crippen LogP contribution in [-0.2, 0) is 18.4 Å². The average molecular weight is 927 g/mol. The predicted octanol–water partition coefficient (Wildman–Crippen LogP) is 16.0. The third-order valence-corrected chi connectivity index (χ3v) is 14.0. The number of rotatable bonds is 52. The van der Waals surface area contributed by atoms with E-state index in [0.29, 0.717) is 17.4 Å². The van der Waals surface area contributed by atoms with E-state index in [4.69, 9.17) is 9.05 Å². The summed E-state index contributed by atoms with van der Waals surface area (Å²) in [6.45, 7) is 4.56. The van der Waals surface area contributed by atoms with Crippen molar-refractivity contribution in [1.82, 2.24) is 5.32 Å². The molecule has 0 saturated heterocycles. The molecule has 382 valence electrons. The van der Waals surface area contributed by atoms with Crippen LogP contribution < -0.4 is 10.2 Å². The lowest BCUT2D eigenvalue weighted by Crippen LogP contribution is -2.45. The van der Waals surface area contributed by atoms with Crippen LogP contribution in [0.25, 0.3) is 0 Å². The van der Waals surface area contributed by atoms with E-state index in [1.165, 1.54) is 218 Å². The van der Waals surface area contributed by atoms with Crippen molar-refractivity contribution in [2.45, 2.75) is 296 Å². The zero-order valence-electron chi connectivity index (χ0n) is 43.5. The molecule has 9 heteroatoms. The Morgan fingerprint density at radius 1 is 0.531 bits per heavy atom. The summed E-state index contributed by atoms with van der Waals surface area (Å²) in [4.78, 5) is 25.1. The number of carbonyl (C=O) groups is 1. The zero-order chi connectivity index (χ0) is 47.1. The third kappa shape index (κ3) is 49.2. The maximum atomic E-state index is 12.8. The quantitative estimate of drug-likeness (QED) is 0.0272. The Morgan fingerprint density at radius 3 is 1.17 bits per heavy atom. The van der Waals surface area contributed by atoms with E-state index in [1.54, 1.807) is 6.08 Å². The van der Waals surface area contributed by atoms with Gasteiger partial charge in [0.25, 0.3) is 7.82 Å². The number of phosphoric acid groups is 1. The van der Waals surface area contributed by atoms with Gasteiger partial charge in [0, 0.05) is 6.42 Å². The first kappa shape index (κ1) is 63.2. The molecule has 0 bridgehead atoms. The van der Waals surface area contributed by atoms with Gasteiger partial charge in [0.2, 0.25) is 5.91 Å². The van der Waals surface area contributed by atoms with E-state index in [1.807, 2.05) is 27.2 Å². The second-order valence-corrected chi connectivity index (χ2v) is 22.1. The van der Waals surface area contributed by atoms with Crippen molar-refractivity contribution < 1.29 is 32.9 Å². The van der Waals surface area contributed by atoms with Crippen molar-refractivity contribution in [3.05, 3.63) is 12.2 Å².